The molecule has 1 saturated heterocycles. The quantitative estimate of drug-likeness (QED) is 0.273. The fourth-order valence-corrected chi connectivity index (χ4v) is 5.07. The largest absolute Gasteiger partial charge is 0.378 e. The van der Waals surface area contributed by atoms with Crippen LogP contribution in [0.25, 0.3) is 27.6 Å². The Balaban J connectivity index is 1.25. The highest BCUT2D eigenvalue weighted by atomic mass is 16.5. The van der Waals surface area contributed by atoms with Crippen LogP contribution < -0.4 is 10.6 Å². The fourth-order valence-electron chi connectivity index (χ4n) is 5.07. The molecule has 1 aliphatic rings. The number of fused-ring (bicyclic) bond motifs is 1. The van der Waals surface area contributed by atoms with E-state index in [1.54, 1.807) is 34.2 Å². The number of morpholine rings is 1. The number of anilines is 2. The molecule has 3 amide bonds. The summed E-state index contributed by atoms with van der Waals surface area (Å²) in [6, 6.07) is 16.8. The zero-order chi connectivity index (χ0) is 30.8. The number of aryl methyl sites for hydroxylation is 1. The number of hydrogen-bond donors (Lipinski definition) is 2. The minimum atomic E-state index is -0.412. The topological polar surface area (TPSA) is 127 Å². The maximum absolute atomic E-state index is 13.4. The van der Waals surface area contributed by atoms with Crippen molar-refractivity contribution in [3.8, 4) is 16.8 Å². The summed E-state index contributed by atoms with van der Waals surface area (Å²) in [5.74, 6) is 1.05. The van der Waals surface area contributed by atoms with Crippen molar-refractivity contribution in [3.63, 3.8) is 0 Å². The third-order valence-electron chi connectivity index (χ3n) is 7.50. The molecule has 0 atom stereocenters. The number of nitrogens with one attached hydrogen (secondary N) is 2. The molecule has 1 fully saturated rings. The van der Waals surface area contributed by atoms with Gasteiger partial charge in [0.25, 0.3) is 5.91 Å². The second-order valence-electron chi connectivity index (χ2n) is 11.7. The first kappa shape index (κ1) is 28.9. The van der Waals surface area contributed by atoms with Crippen LogP contribution in [0.2, 0.25) is 0 Å². The highest BCUT2D eigenvalue weighted by Gasteiger charge is 2.23. The predicted molar refractivity (Wildman–Crippen MR) is 169 cm³/mol. The zero-order valence-corrected chi connectivity index (χ0v) is 25.2. The van der Waals surface area contributed by atoms with Crippen LogP contribution in [0.3, 0.4) is 0 Å². The van der Waals surface area contributed by atoms with Gasteiger partial charge < -0.3 is 15.0 Å². The number of amides is 3. The highest BCUT2D eigenvalue weighted by Crippen LogP contribution is 2.33. The Kier molecular flexibility index (Phi) is 7.79. The average Bonchev–Trinajstić information content (AvgIpc) is 3.46. The molecular weight excluding hydrogens is 556 g/mol. The molecule has 0 radical (unpaired) electrons. The van der Waals surface area contributed by atoms with Crippen molar-refractivity contribution in [1.82, 2.24) is 29.6 Å². The van der Waals surface area contributed by atoms with E-state index in [9.17, 15) is 9.59 Å². The van der Waals surface area contributed by atoms with E-state index in [4.69, 9.17) is 9.84 Å². The molecule has 2 aromatic carbocycles. The SMILES string of the molecule is Cc1ncc(-n2nc(C(C)(C)C)cc2NC(=O)Nc2ccc(-c3ccc(C(=O)N4CCOCC4)nc3)c3ccccc23)cn1. The van der Waals surface area contributed by atoms with E-state index in [0.717, 1.165) is 27.6 Å². The molecular formula is C33H34N8O3. The average molecular weight is 591 g/mol. The van der Waals surface area contributed by atoms with Gasteiger partial charge in [-0.2, -0.15) is 5.10 Å². The second kappa shape index (κ2) is 11.8. The lowest BCUT2D eigenvalue weighted by atomic mass is 9.92. The molecule has 5 aromatic rings. The van der Waals surface area contributed by atoms with Crippen LogP contribution in [-0.2, 0) is 10.2 Å². The minimum absolute atomic E-state index is 0.0962. The van der Waals surface area contributed by atoms with E-state index >= 15 is 0 Å². The smallest absolute Gasteiger partial charge is 0.324 e. The normalized spacial score (nSPS) is 13.6. The van der Waals surface area contributed by atoms with Crippen molar-refractivity contribution in [1.29, 1.82) is 0 Å². The van der Waals surface area contributed by atoms with Crippen LogP contribution in [0.1, 0.15) is 42.8 Å². The highest BCUT2D eigenvalue weighted by molar-refractivity contribution is 6.09. The van der Waals surface area contributed by atoms with Gasteiger partial charge in [0.1, 0.15) is 23.0 Å². The van der Waals surface area contributed by atoms with E-state index in [-0.39, 0.29) is 11.3 Å². The maximum atomic E-state index is 13.4. The molecule has 11 heteroatoms. The van der Waals surface area contributed by atoms with Gasteiger partial charge in [0.15, 0.2) is 0 Å². The van der Waals surface area contributed by atoms with Gasteiger partial charge in [-0.3, -0.25) is 15.1 Å². The van der Waals surface area contributed by atoms with Crippen molar-refractivity contribution < 1.29 is 14.3 Å². The fraction of sp³-hybridized carbons (Fsp3) is 0.273. The van der Waals surface area contributed by atoms with Crippen LogP contribution in [0.5, 0.6) is 0 Å². The van der Waals surface area contributed by atoms with Gasteiger partial charge in [-0.05, 0) is 30.0 Å². The van der Waals surface area contributed by atoms with Gasteiger partial charge in [0.05, 0.1) is 37.0 Å². The van der Waals surface area contributed by atoms with Gasteiger partial charge in [-0.25, -0.2) is 19.4 Å². The number of pyridine rings is 1. The molecule has 11 nitrogen and oxygen atoms in total. The number of carbonyl (C=O) groups excluding carboxylic acids is 2. The van der Waals surface area contributed by atoms with Crippen LogP contribution in [-0.4, -0.2) is 67.9 Å². The van der Waals surface area contributed by atoms with Crippen LogP contribution in [0, 0.1) is 6.92 Å². The number of carbonyl (C=O) groups is 2. The summed E-state index contributed by atoms with van der Waals surface area (Å²) in [5, 5.41) is 12.5. The standard InChI is InChI=1S/C33H34N8O3/c1-21-34-19-23(20-35-21)41-30(17-29(39-41)33(2,3)4)38-32(43)37-27-12-10-24(25-7-5-6-8-26(25)27)22-9-11-28(36-18-22)31(42)40-13-15-44-16-14-40/h5-12,17-20H,13-16H2,1-4H3,(H2,37,38,43). The summed E-state index contributed by atoms with van der Waals surface area (Å²) in [6.07, 6.45) is 5.08. The molecule has 3 aromatic heterocycles. The number of hydrogen-bond acceptors (Lipinski definition) is 7. The van der Waals surface area contributed by atoms with Gasteiger partial charge >= 0.3 is 6.03 Å². The molecule has 4 heterocycles. The van der Waals surface area contributed by atoms with Gasteiger partial charge in [-0.1, -0.05) is 57.2 Å². The van der Waals surface area contributed by atoms with E-state index in [2.05, 4.69) is 46.4 Å². The first-order valence-corrected chi connectivity index (χ1v) is 14.5. The Bertz CT molecular complexity index is 1820. The Morgan fingerprint density at radius 2 is 1.59 bits per heavy atom. The van der Waals surface area contributed by atoms with E-state index in [1.807, 2.05) is 55.5 Å². The summed E-state index contributed by atoms with van der Waals surface area (Å²) in [5.41, 5.74) is 4.08. The van der Waals surface area contributed by atoms with Crippen LogP contribution >= 0.6 is 0 Å². The Morgan fingerprint density at radius 1 is 0.864 bits per heavy atom. The third-order valence-corrected chi connectivity index (χ3v) is 7.50. The van der Waals surface area contributed by atoms with Gasteiger partial charge in [-0.15, -0.1) is 0 Å². The van der Waals surface area contributed by atoms with Crippen LogP contribution in [0.4, 0.5) is 16.3 Å². The molecule has 0 bridgehead atoms. The molecule has 6 rings (SSSR count). The lowest BCUT2D eigenvalue weighted by molar-refractivity contribution is 0.0299. The first-order valence-electron chi connectivity index (χ1n) is 14.5. The molecule has 0 unspecified atom stereocenters. The van der Waals surface area contributed by atoms with Crippen molar-refractivity contribution in [3.05, 3.63) is 90.4 Å². The number of urea groups is 1. The Hall–Kier alpha value is -5.16. The lowest BCUT2D eigenvalue weighted by Gasteiger charge is -2.26. The predicted octanol–water partition coefficient (Wildman–Crippen LogP) is 5.60. The number of benzene rings is 2. The summed E-state index contributed by atoms with van der Waals surface area (Å²) in [7, 11) is 0. The van der Waals surface area contributed by atoms with Crippen molar-refractivity contribution in [2.45, 2.75) is 33.1 Å². The van der Waals surface area contributed by atoms with Crippen molar-refractivity contribution in [2.75, 3.05) is 36.9 Å². The summed E-state index contributed by atoms with van der Waals surface area (Å²) in [4.78, 5) is 41.0. The van der Waals surface area contributed by atoms with Crippen LogP contribution in [0.15, 0.2) is 73.2 Å². The van der Waals surface area contributed by atoms with E-state index < -0.39 is 6.03 Å². The lowest BCUT2D eigenvalue weighted by Crippen LogP contribution is -2.41. The third kappa shape index (κ3) is 6.00. The van der Waals surface area contributed by atoms with Crippen molar-refractivity contribution in [2.24, 2.45) is 0 Å². The summed E-state index contributed by atoms with van der Waals surface area (Å²) >= 11 is 0. The molecule has 1 aliphatic heterocycles. The molecule has 2 N–H and O–H groups in total. The Labute approximate surface area is 255 Å². The first-order chi connectivity index (χ1) is 21.2. The summed E-state index contributed by atoms with van der Waals surface area (Å²) < 4.78 is 6.99. The minimum Gasteiger partial charge on any atom is -0.378 e. The zero-order valence-electron chi connectivity index (χ0n) is 25.2. The molecule has 44 heavy (non-hydrogen) atoms. The Morgan fingerprint density at radius 3 is 2.27 bits per heavy atom. The number of rotatable bonds is 5. The van der Waals surface area contributed by atoms with Gasteiger partial charge in [0, 0.05) is 41.7 Å². The number of ether oxygens (including phenoxy) is 1. The maximum Gasteiger partial charge on any atom is 0.324 e. The summed E-state index contributed by atoms with van der Waals surface area (Å²) in [6.45, 7) is 10.2. The molecule has 224 valence electrons. The monoisotopic (exact) mass is 590 g/mol. The van der Waals surface area contributed by atoms with E-state index in [0.29, 0.717) is 55.0 Å². The number of aromatic nitrogens is 5. The van der Waals surface area contributed by atoms with Gasteiger partial charge in [0.2, 0.25) is 0 Å². The second-order valence-corrected chi connectivity index (χ2v) is 11.7. The molecule has 0 saturated carbocycles. The molecule has 0 aliphatic carbocycles. The molecule has 0 spiro atoms. The van der Waals surface area contributed by atoms with Crippen molar-refractivity contribution >= 4 is 34.2 Å². The van der Waals surface area contributed by atoms with E-state index in [1.165, 1.54) is 0 Å². The number of nitrogens with zero attached hydrogens (tertiary/aromatic N) is 6.